The summed E-state index contributed by atoms with van der Waals surface area (Å²) in [5.41, 5.74) is 1.49. The van der Waals surface area contributed by atoms with Crippen LogP contribution in [0.15, 0.2) is 46.8 Å². The molecule has 2 rings (SSSR count). The normalized spacial score (nSPS) is 12.1. The molecule has 0 bridgehead atoms. The van der Waals surface area contributed by atoms with E-state index in [9.17, 15) is 9.18 Å². The van der Waals surface area contributed by atoms with E-state index in [1.165, 1.54) is 0 Å². The van der Waals surface area contributed by atoms with Gasteiger partial charge in [0, 0.05) is 12.0 Å². The van der Waals surface area contributed by atoms with E-state index < -0.39 is 5.60 Å². The third-order valence-corrected chi connectivity index (χ3v) is 3.37. The monoisotopic (exact) mass is 361 g/mol. The van der Waals surface area contributed by atoms with Crippen molar-refractivity contribution in [3.63, 3.8) is 0 Å². The Labute approximate surface area is 152 Å². The van der Waals surface area contributed by atoms with Crippen LogP contribution in [0.4, 0.5) is 4.39 Å². The van der Waals surface area contributed by atoms with Gasteiger partial charge >= 0.3 is 5.97 Å². The molecule has 6 heteroatoms. The first-order chi connectivity index (χ1) is 12.3. The van der Waals surface area contributed by atoms with Crippen LogP contribution in [-0.2, 0) is 9.53 Å². The van der Waals surface area contributed by atoms with Gasteiger partial charge < -0.3 is 13.9 Å². The molecule has 0 aliphatic carbocycles. The molecule has 0 aliphatic heterocycles. The fourth-order valence-corrected chi connectivity index (χ4v) is 2.17. The zero-order valence-corrected chi connectivity index (χ0v) is 15.5. The maximum Gasteiger partial charge on any atom is 0.306 e. The molecule has 1 aromatic carbocycles. The van der Waals surface area contributed by atoms with Crippen molar-refractivity contribution in [1.29, 1.82) is 0 Å². The summed E-state index contributed by atoms with van der Waals surface area (Å²) in [5, 5.41) is 0. The van der Waals surface area contributed by atoms with Gasteiger partial charge in [0.1, 0.15) is 24.2 Å². The Bertz CT molecular complexity index is 757. The lowest BCUT2D eigenvalue weighted by Crippen LogP contribution is -2.23. The number of benzene rings is 1. The lowest BCUT2D eigenvalue weighted by molar-refractivity contribution is -0.154. The molecule has 0 amide bonds. The molecule has 5 nitrogen and oxygen atoms in total. The van der Waals surface area contributed by atoms with Gasteiger partial charge in [0.2, 0.25) is 5.89 Å². The second-order valence-electron chi connectivity index (χ2n) is 6.96. The summed E-state index contributed by atoms with van der Waals surface area (Å²) < 4.78 is 29.1. The smallest absolute Gasteiger partial charge is 0.306 e. The number of hydrogen-bond acceptors (Lipinski definition) is 5. The van der Waals surface area contributed by atoms with E-state index in [2.05, 4.69) is 4.98 Å². The summed E-state index contributed by atoms with van der Waals surface area (Å²) in [4.78, 5) is 16.0. The van der Waals surface area contributed by atoms with Crippen LogP contribution < -0.4 is 4.74 Å². The lowest BCUT2D eigenvalue weighted by atomic mass is 10.1. The highest BCUT2D eigenvalue weighted by molar-refractivity contribution is 5.70. The number of esters is 1. The van der Waals surface area contributed by atoms with E-state index in [4.69, 9.17) is 13.9 Å². The molecule has 0 unspecified atom stereocenters. The highest BCUT2D eigenvalue weighted by atomic mass is 19.1. The number of oxazole rings is 1. The molecule has 0 N–H and O–H groups in total. The van der Waals surface area contributed by atoms with E-state index in [1.807, 2.05) is 19.1 Å². The standard InChI is InChI=1S/C20H24FNO4/c1-14-12-25-19(22-14)16-6-8-17(9-7-16)24-13-15(11-21)5-10-18(23)26-20(2,3)4/h6-9,11-12H,5,10,13H2,1-4H3/b15-11+. The maximum absolute atomic E-state index is 13.0. The molecule has 0 saturated heterocycles. The molecule has 2 aromatic rings. The van der Waals surface area contributed by atoms with E-state index >= 15 is 0 Å². The quantitative estimate of drug-likeness (QED) is 0.649. The molecule has 0 atom stereocenters. The zero-order valence-electron chi connectivity index (χ0n) is 15.5. The predicted molar refractivity (Wildman–Crippen MR) is 96.4 cm³/mol. The topological polar surface area (TPSA) is 61.6 Å². The fourth-order valence-electron chi connectivity index (χ4n) is 2.17. The van der Waals surface area contributed by atoms with Crippen LogP contribution in [0, 0.1) is 6.92 Å². The first-order valence-electron chi connectivity index (χ1n) is 8.42. The molecule has 0 aliphatic rings. The molecular weight excluding hydrogens is 337 g/mol. The third-order valence-electron chi connectivity index (χ3n) is 3.37. The first-order valence-corrected chi connectivity index (χ1v) is 8.42. The predicted octanol–water partition coefficient (Wildman–Crippen LogP) is 5.00. The molecule has 0 saturated carbocycles. The van der Waals surface area contributed by atoms with Crippen LogP contribution in [-0.4, -0.2) is 23.2 Å². The minimum Gasteiger partial charge on any atom is -0.489 e. The van der Waals surface area contributed by atoms with Gasteiger partial charge in [-0.1, -0.05) is 0 Å². The van der Waals surface area contributed by atoms with Crippen LogP contribution in [0.1, 0.15) is 39.3 Å². The van der Waals surface area contributed by atoms with E-state index in [0.717, 1.165) is 11.3 Å². The van der Waals surface area contributed by atoms with Gasteiger partial charge in [0.25, 0.3) is 0 Å². The Kier molecular flexibility index (Phi) is 6.55. The lowest BCUT2D eigenvalue weighted by Gasteiger charge is -2.19. The van der Waals surface area contributed by atoms with Crippen molar-refractivity contribution < 1.29 is 23.1 Å². The molecule has 0 fully saturated rings. The number of rotatable bonds is 7. The first kappa shape index (κ1) is 19.7. The minimum atomic E-state index is -0.545. The van der Waals surface area contributed by atoms with Crippen molar-refractivity contribution in [2.75, 3.05) is 6.61 Å². The average Bonchev–Trinajstić information content (AvgIpc) is 3.00. The summed E-state index contributed by atoms with van der Waals surface area (Å²) in [6, 6.07) is 7.16. The van der Waals surface area contributed by atoms with Gasteiger partial charge in [-0.15, -0.1) is 0 Å². The Morgan fingerprint density at radius 3 is 2.46 bits per heavy atom. The van der Waals surface area contributed by atoms with Crippen molar-refractivity contribution in [3.05, 3.63) is 48.1 Å². The van der Waals surface area contributed by atoms with Crippen molar-refractivity contribution in [2.45, 2.75) is 46.1 Å². The molecule has 140 valence electrons. The molecule has 26 heavy (non-hydrogen) atoms. The van der Waals surface area contributed by atoms with Crippen LogP contribution in [0.5, 0.6) is 5.75 Å². The summed E-state index contributed by atoms with van der Waals surface area (Å²) in [6.45, 7) is 7.30. The second kappa shape index (κ2) is 8.65. The van der Waals surface area contributed by atoms with Gasteiger partial charge in [-0.3, -0.25) is 4.79 Å². The maximum atomic E-state index is 13.0. The SMILES string of the molecule is Cc1coc(-c2ccc(OC/C(=C/F)CCC(=O)OC(C)(C)C)cc2)n1. The number of hydrogen-bond donors (Lipinski definition) is 0. The number of nitrogens with zero attached hydrogens (tertiary/aromatic N) is 1. The van der Waals surface area contributed by atoms with Gasteiger partial charge in [-0.05, 0) is 64.0 Å². The summed E-state index contributed by atoms with van der Waals surface area (Å²) in [7, 11) is 0. The van der Waals surface area contributed by atoms with Crippen molar-refractivity contribution in [3.8, 4) is 17.2 Å². The van der Waals surface area contributed by atoms with Crippen LogP contribution in [0.25, 0.3) is 11.5 Å². The van der Waals surface area contributed by atoms with Crippen LogP contribution in [0.2, 0.25) is 0 Å². The highest BCUT2D eigenvalue weighted by Crippen LogP contribution is 2.22. The van der Waals surface area contributed by atoms with Gasteiger partial charge in [-0.2, -0.15) is 0 Å². The number of carbonyl (C=O) groups excluding carboxylic acids is 1. The molecule has 1 aromatic heterocycles. The number of carbonyl (C=O) groups is 1. The van der Waals surface area contributed by atoms with E-state index in [-0.39, 0.29) is 25.4 Å². The van der Waals surface area contributed by atoms with Crippen LogP contribution >= 0.6 is 0 Å². The summed E-state index contributed by atoms with van der Waals surface area (Å²) in [6.07, 6.45) is 2.43. The molecular formula is C20H24FNO4. The second-order valence-corrected chi connectivity index (χ2v) is 6.96. The average molecular weight is 361 g/mol. The minimum absolute atomic E-state index is 0.0662. The molecule has 0 spiro atoms. The van der Waals surface area contributed by atoms with Crippen molar-refractivity contribution >= 4 is 5.97 Å². The largest absolute Gasteiger partial charge is 0.489 e. The number of aromatic nitrogens is 1. The Morgan fingerprint density at radius 2 is 1.92 bits per heavy atom. The van der Waals surface area contributed by atoms with Gasteiger partial charge in [-0.25, -0.2) is 9.37 Å². The zero-order chi connectivity index (χ0) is 19.2. The Morgan fingerprint density at radius 1 is 1.23 bits per heavy atom. The molecule has 1 heterocycles. The van der Waals surface area contributed by atoms with Gasteiger partial charge in [0.15, 0.2) is 0 Å². The number of ether oxygens (including phenoxy) is 2. The van der Waals surface area contributed by atoms with Crippen molar-refractivity contribution in [1.82, 2.24) is 4.98 Å². The van der Waals surface area contributed by atoms with Crippen LogP contribution in [0.3, 0.4) is 0 Å². The fraction of sp³-hybridized carbons (Fsp3) is 0.400. The van der Waals surface area contributed by atoms with Crippen molar-refractivity contribution in [2.24, 2.45) is 0 Å². The molecule has 0 radical (unpaired) electrons. The summed E-state index contributed by atoms with van der Waals surface area (Å²) >= 11 is 0. The third kappa shape index (κ3) is 6.35. The Hall–Kier alpha value is -2.63. The number of aryl methyl sites for hydroxylation is 1. The Balaban J connectivity index is 1.83. The summed E-state index contributed by atoms with van der Waals surface area (Å²) in [5.74, 6) is 0.770. The van der Waals surface area contributed by atoms with Gasteiger partial charge in [0.05, 0.1) is 12.0 Å². The highest BCUT2D eigenvalue weighted by Gasteiger charge is 2.16. The number of halogens is 1. The van der Waals surface area contributed by atoms with E-state index in [1.54, 1.807) is 39.2 Å². The van der Waals surface area contributed by atoms with E-state index in [0.29, 0.717) is 23.5 Å².